The average molecular weight is 561 g/mol. The normalized spacial score (nSPS) is 16.3. The molecule has 1 amide bonds. The zero-order chi connectivity index (χ0) is 29.7. The fourth-order valence-corrected chi connectivity index (χ4v) is 4.82. The zero-order valence-electron chi connectivity index (χ0n) is 24.3. The topological polar surface area (TPSA) is 97.8 Å². The number of nitrogens with zero attached hydrogens (tertiary/aromatic N) is 2. The second-order valence-corrected chi connectivity index (χ2v) is 9.99. The highest BCUT2D eigenvalue weighted by Crippen LogP contribution is 2.45. The number of carbonyl (C=O) groups is 2. The number of benzene rings is 3. The van der Waals surface area contributed by atoms with E-state index in [-0.39, 0.29) is 17.9 Å². The van der Waals surface area contributed by atoms with Crippen molar-refractivity contribution in [2.75, 3.05) is 48.5 Å². The van der Waals surface area contributed by atoms with Crippen LogP contribution in [0.25, 0.3) is 5.76 Å². The molecule has 1 aliphatic rings. The molecule has 9 heteroatoms. The number of amides is 1. The van der Waals surface area contributed by atoms with Gasteiger partial charge in [-0.05, 0) is 74.1 Å². The first-order valence-electron chi connectivity index (χ1n) is 13.2. The summed E-state index contributed by atoms with van der Waals surface area (Å²) in [7, 11) is 8.25. The molecule has 1 fully saturated rings. The smallest absolute Gasteiger partial charge is 0.295 e. The average Bonchev–Trinajstić information content (AvgIpc) is 3.23. The third kappa shape index (κ3) is 6.15. The van der Waals surface area contributed by atoms with Crippen LogP contribution in [-0.4, -0.2) is 75.1 Å². The maximum Gasteiger partial charge on any atom is 0.295 e. The largest absolute Gasteiger partial charge is 0.507 e. The zero-order valence-corrected chi connectivity index (χ0v) is 24.3. The van der Waals surface area contributed by atoms with Gasteiger partial charge in [-0.15, -0.1) is 0 Å². The molecule has 1 saturated heterocycles. The van der Waals surface area contributed by atoms with Crippen LogP contribution >= 0.6 is 0 Å². The van der Waals surface area contributed by atoms with Gasteiger partial charge >= 0.3 is 0 Å². The Balaban J connectivity index is 1.74. The molecule has 1 aliphatic heterocycles. The fourth-order valence-electron chi connectivity index (χ4n) is 4.82. The molecule has 1 N–H and O–H groups in total. The van der Waals surface area contributed by atoms with Crippen LogP contribution in [0.1, 0.15) is 28.3 Å². The quantitative estimate of drug-likeness (QED) is 0.207. The highest BCUT2D eigenvalue weighted by molar-refractivity contribution is 6.46. The summed E-state index contributed by atoms with van der Waals surface area (Å²) in [6, 6.07) is 17.3. The van der Waals surface area contributed by atoms with Crippen molar-refractivity contribution in [2.45, 2.75) is 19.6 Å². The summed E-state index contributed by atoms with van der Waals surface area (Å²) in [5.74, 6) is -0.00164. The Kier molecular flexibility index (Phi) is 9.19. The first-order valence-corrected chi connectivity index (χ1v) is 13.2. The summed E-state index contributed by atoms with van der Waals surface area (Å²) in [5, 5.41) is 11.5. The summed E-state index contributed by atoms with van der Waals surface area (Å²) < 4.78 is 22.4. The van der Waals surface area contributed by atoms with Crippen LogP contribution in [0.2, 0.25) is 0 Å². The number of likely N-dealkylation sites (N-methyl/N-ethyl adjacent to an activating group) is 1. The second kappa shape index (κ2) is 12.8. The minimum atomic E-state index is -0.874. The van der Waals surface area contributed by atoms with Crippen molar-refractivity contribution in [2.24, 2.45) is 0 Å². The number of aliphatic hydroxyl groups is 1. The van der Waals surface area contributed by atoms with E-state index in [9.17, 15) is 14.7 Å². The highest BCUT2D eigenvalue weighted by Gasteiger charge is 2.46. The summed E-state index contributed by atoms with van der Waals surface area (Å²) in [4.78, 5) is 30.1. The van der Waals surface area contributed by atoms with E-state index in [2.05, 4.69) is 0 Å². The lowest BCUT2D eigenvalue weighted by molar-refractivity contribution is -0.140. The SMILES string of the molecule is COc1cc([C@H]2C(=C(O)c3ccc(OCc4ccccc4C)cc3)C(=O)C(=O)N2CCN(C)C)cc(OC)c1OC. The molecule has 3 aromatic carbocycles. The van der Waals surface area contributed by atoms with Gasteiger partial charge in [0.05, 0.1) is 32.9 Å². The van der Waals surface area contributed by atoms with Crippen molar-refractivity contribution >= 4 is 17.4 Å². The molecule has 0 saturated carbocycles. The van der Waals surface area contributed by atoms with E-state index in [0.29, 0.717) is 47.3 Å². The van der Waals surface area contributed by atoms with Gasteiger partial charge in [-0.3, -0.25) is 9.59 Å². The lowest BCUT2D eigenvalue weighted by Gasteiger charge is -2.27. The van der Waals surface area contributed by atoms with Gasteiger partial charge in [0.2, 0.25) is 5.75 Å². The van der Waals surface area contributed by atoms with Crippen LogP contribution in [0, 0.1) is 6.92 Å². The standard InChI is InChI=1S/C32H36N2O7/c1-20-9-7-8-10-22(20)19-41-24-13-11-21(12-14-24)29(35)27-28(34(16-15-33(2)3)32(37)30(27)36)23-17-25(38-4)31(40-6)26(18-23)39-5/h7-14,17-18,28,35H,15-16,19H2,1-6H3/t28-/m0/s1. The van der Waals surface area contributed by atoms with E-state index in [4.69, 9.17) is 18.9 Å². The molecule has 41 heavy (non-hydrogen) atoms. The van der Waals surface area contributed by atoms with Crippen LogP contribution < -0.4 is 18.9 Å². The number of hydrogen-bond donors (Lipinski definition) is 1. The molecular weight excluding hydrogens is 524 g/mol. The summed E-state index contributed by atoms with van der Waals surface area (Å²) in [5.41, 5.74) is 3.11. The Labute approximate surface area is 240 Å². The van der Waals surface area contributed by atoms with Gasteiger partial charge in [0.1, 0.15) is 18.1 Å². The van der Waals surface area contributed by atoms with Gasteiger partial charge in [0.25, 0.3) is 11.7 Å². The van der Waals surface area contributed by atoms with Crippen molar-refractivity contribution in [3.63, 3.8) is 0 Å². The molecule has 0 unspecified atom stereocenters. The highest BCUT2D eigenvalue weighted by atomic mass is 16.5. The number of rotatable bonds is 11. The van der Waals surface area contributed by atoms with Crippen LogP contribution in [0.5, 0.6) is 23.0 Å². The predicted molar refractivity (Wildman–Crippen MR) is 156 cm³/mol. The van der Waals surface area contributed by atoms with Crippen LogP contribution in [0.4, 0.5) is 0 Å². The van der Waals surface area contributed by atoms with E-state index in [0.717, 1.165) is 11.1 Å². The Hall–Kier alpha value is -4.50. The first-order chi connectivity index (χ1) is 19.7. The third-order valence-electron chi connectivity index (χ3n) is 7.11. The number of hydrogen-bond acceptors (Lipinski definition) is 8. The van der Waals surface area contributed by atoms with Crippen LogP contribution in [-0.2, 0) is 16.2 Å². The summed E-state index contributed by atoms with van der Waals surface area (Å²) >= 11 is 0. The van der Waals surface area contributed by atoms with E-state index >= 15 is 0 Å². The third-order valence-corrected chi connectivity index (χ3v) is 7.11. The molecule has 0 radical (unpaired) electrons. The Bertz CT molecular complexity index is 1420. The summed E-state index contributed by atoms with van der Waals surface area (Å²) in [6.07, 6.45) is 0. The van der Waals surface area contributed by atoms with Gasteiger partial charge in [-0.25, -0.2) is 0 Å². The number of Topliss-reactive ketones (excluding diaryl/α,β-unsaturated/α-hetero) is 1. The molecule has 0 spiro atoms. The lowest BCUT2D eigenvalue weighted by Crippen LogP contribution is -2.35. The molecule has 0 bridgehead atoms. The Morgan fingerprint density at radius 1 is 0.927 bits per heavy atom. The molecular formula is C32H36N2O7. The van der Waals surface area contributed by atoms with E-state index in [1.807, 2.05) is 50.2 Å². The van der Waals surface area contributed by atoms with Gasteiger partial charge in [-0.1, -0.05) is 24.3 Å². The number of aryl methyl sites for hydroxylation is 1. The molecule has 9 nitrogen and oxygen atoms in total. The lowest BCUT2D eigenvalue weighted by atomic mass is 9.94. The van der Waals surface area contributed by atoms with Crippen molar-refractivity contribution in [1.82, 2.24) is 9.80 Å². The molecule has 3 aromatic rings. The van der Waals surface area contributed by atoms with Crippen molar-refractivity contribution in [3.05, 3.63) is 88.5 Å². The van der Waals surface area contributed by atoms with E-state index in [1.165, 1.54) is 26.2 Å². The number of carbonyl (C=O) groups excluding carboxylic acids is 2. The van der Waals surface area contributed by atoms with Crippen molar-refractivity contribution in [3.8, 4) is 23.0 Å². The minimum Gasteiger partial charge on any atom is -0.507 e. The second-order valence-electron chi connectivity index (χ2n) is 9.99. The number of aliphatic hydroxyl groups excluding tert-OH is 1. The minimum absolute atomic E-state index is 0.0170. The molecule has 1 heterocycles. The molecule has 4 rings (SSSR count). The van der Waals surface area contributed by atoms with Gasteiger partial charge in [-0.2, -0.15) is 0 Å². The van der Waals surface area contributed by atoms with Crippen LogP contribution in [0.15, 0.2) is 66.2 Å². The number of ketones is 1. The maximum atomic E-state index is 13.4. The van der Waals surface area contributed by atoms with E-state index < -0.39 is 17.7 Å². The van der Waals surface area contributed by atoms with Crippen molar-refractivity contribution in [1.29, 1.82) is 0 Å². The number of methoxy groups -OCH3 is 3. The molecule has 1 atom stereocenters. The monoisotopic (exact) mass is 560 g/mol. The van der Waals surface area contributed by atoms with Gasteiger partial charge in [0, 0.05) is 18.7 Å². The van der Waals surface area contributed by atoms with Crippen molar-refractivity contribution < 1.29 is 33.6 Å². The Morgan fingerprint density at radius 3 is 2.12 bits per heavy atom. The fraction of sp³-hybridized carbons (Fsp3) is 0.312. The molecule has 216 valence electrons. The molecule has 0 aromatic heterocycles. The van der Waals surface area contributed by atoms with Crippen LogP contribution in [0.3, 0.4) is 0 Å². The maximum absolute atomic E-state index is 13.4. The first kappa shape index (κ1) is 29.5. The predicted octanol–water partition coefficient (Wildman–Crippen LogP) is 4.58. The number of likely N-dealkylation sites (tertiary alicyclic amines) is 1. The Morgan fingerprint density at radius 2 is 1.56 bits per heavy atom. The number of ether oxygens (including phenoxy) is 4. The summed E-state index contributed by atoms with van der Waals surface area (Å²) in [6.45, 7) is 3.20. The van der Waals surface area contributed by atoms with E-state index in [1.54, 1.807) is 36.4 Å². The van der Waals surface area contributed by atoms with Gasteiger partial charge < -0.3 is 33.9 Å². The van der Waals surface area contributed by atoms with Gasteiger partial charge in [0.15, 0.2) is 11.5 Å². The molecule has 0 aliphatic carbocycles.